The molecule has 1 heterocycles. The van der Waals surface area contributed by atoms with Crippen LogP contribution in [0.3, 0.4) is 0 Å². The largest absolute Gasteiger partial charge is 0.350 e. The highest BCUT2D eigenvalue weighted by molar-refractivity contribution is 5.81. The molecule has 2 N–H and O–H groups in total. The molecule has 0 radical (unpaired) electrons. The van der Waals surface area contributed by atoms with Gasteiger partial charge in [0.2, 0.25) is 5.91 Å². The molecule has 0 spiro atoms. The number of aromatic nitrogens is 2. The molecule has 1 aliphatic rings. The SMILES string of the molecule is C[C@@H]1C[C@H]1C(=O)NCc1cnc[nH]1. The van der Waals surface area contributed by atoms with Crippen LogP contribution >= 0.6 is 0 Å². The van der Waals surface area contributed by atoms with Gasteiger partial charge in [-0.25, -0.2) is 4.98 Å². The fourth-order valence-corrected chi connectivity index (χ4v) is 1.38. The highest BCUT2D eigenvalue weighted by Gasteiger charge is 2.38. The summed E-state index contributed by atoms with van der Waals surface area (Å²) in [6.07, 6.45) is 4.37. The quantitative estimate of drug-likeness (QED) is 0.717. The van der Waals surface area contributed by atoms with Gasteiger partial charge in [0.1, 0.15) is 0 Å². The monoisotopic (exact) mass is 179 g/mol. The highest BCUT2D eigenvalue weighted by atomic mass is 16.2. The number of aromatic amines is 1. The molecule has 2 rings (SSSR count). The van der Waals surface area contributed by atoms with Gasteiger partial charge in [-0.3, -0.25) is 4.79 Å². The molecule has 2 atom stereocenters. The van der Waals surface area contributed by atoms with E-state index in [4.69, 9.17) is 0 Å². The minimum Gasteiger partial charge on any atom is -0.350 e. The van der Waals surface area contributed by atoms with Crippen molar-refractivity contribution in [3.63, 3.8) is 0 Å². The average molecular weight is 179 g/mol. The van der Waals surface area contributed by atoms with Crippen LogP contribution in [0.15, 0.2) is 12.5 Å². The first-order valence-electron chi connectivity index (χ1n) is 4.52. The van der Waals surface area contributed by atoms with Crippen molar-refractivity contribution in [3.8, 4) is 0 Å². The predicted molar refractivity (Wildman–Crippen MR) is 47.7 cm³/mol. The lowest BCUT2D eigenvalue weighted by Crippen LogP contribution is -2.24. The van der Waals surface area contributed by atoms with Crippen molar-refractivity contribution < 1.29 is 4.79 Å². The number of amides is 1. The maximum Gasteiger partial charge on any atom is 0.223 e. The summed E-state index contributed by atoms with van der Waals surface area (Å²) in [6.45, 7) is 2.66. The van der Waals surface area contributed by atoms with Crippen LogP contribution < -0.4 is 5.32 Å². The molecule has 0 bridgehead atoms. The van der Waals surface area contributed by atoms with Gasteiger partial charge in [0, 0.05) is 12.1 Å². The molecule has 0 unspecified atom stereocenters. The number of carbonyl (C=O) groups excluding carboxylic acids is 1. The zero-order valence-electron chi connectivity index (χ0n) is 7.58. The molecule has 1 aliphatic carbocycles. The summed E-state index contributed by atoms with van der Waals surface area (Å²) in [5.41, 5.74) is 0.946. The minimum absolute atomic E-state index is 0.169. The molecule has 0 aromatic carbocycles. The Morgan fingerprint density at radius 1 is 1.85 bits per heavy atom. The Kier molecular flexibility index (Phi) is 2.04. The molecular formula is C9H13N3O. The number of carbonyl (C=O) groups is 1. The second-order valence-electron chi connectivity index (χ2n) is 3.61. The van der Waals surface area contributed by atoms with Crippen LogP contribution in [0.5, 0.6) is 0 Å². The van der Waals surface area contributed by atoms with Gasteiger partial charge in [-0.2, -0.15) is 0 Å². The first-order chi connectivity index (χ1) is 6.27. The Hall–Kier alpha value is -1.32. The van der Waals surface area contributed by atoms with E-state index in [0.717, 1.165) is 12.1 Å². The van der Waals surface area contributed by atoms with Crippen LogP contribution in [-0.2, 0) is 11.3 Å². The van der Waals surface area contributed by atoms with E-state index in [1.165, 1.54) is 0 Å². The van der Waals surface area contributed by atoms with Gasteiger partial charge < -0.3 is 10.3 Å². The molecule has 4 heteroatoms. The summed E-state index contributed by atoms with van der Waals surface area (Å²) in [5, 5.41) is 2.87. The zero-order chi connectivity index (χ0) is 9.26. The molecule has 70 valence electrons. The van der Waals surface area contributed by atoms with Crippen molar-refractivity contribution in [3.05, 3.63) is 18.2 Å². The van der Waals surface area contributed by atoms with E-state index in [2.05, 4.69) is 22.2 Å². The topological polar surface area (TPSA) is 57.8 Å². The molecule has 0 saturated heterocycles. The van der Waals surface area contributed by atoms with Crippen molar-refractivity contribution in [2.75, 3.05) is 0 Å². The van der Waals surface area contributed by atoms with Gasteiger partial charge in [-0.15, -0.1) is 0 Å². The van der Waals surface area contributed by atoms with Gasteiger partial charge in [-0.05, 0) is 12.3 Å². The van der Waals surface area contributed by atoms with Crippen LogP contribution in [0.4, 0.5) is 0 Å². The first-order valence-corrected chi connectivity index (χ1v) is 4.52. The summed E-state index contributed by atoms with van der Waals surface area (Å²) in [7, 11) is 0. The molecule has 1 saturated carbocycles. The number of H-pyrrole nitrogens is 1. The van der Waals surface area contributed by atoms with Gasteiger partial charge >= 0.3 is 0 Å². The van der Waals surface area contributed by atoms with E-state index in [-0.39, 0.29) is 11.8 Å². The average Bonchev–Trinajstić information content (AvgIpc) is 2.68. The molecular weight excluding hydrogens is 166 g/mol. The Bertz CT molecular complexity index is 294. The second kappa shape index (κ2) is 3.20. The third-order valence-electron chi connectivity index (χ3n) is 2.45. The maximum absolute atomic E-state index is 11.4. The van der Waals surface area contributed by atoms with Crippen molar-refractivity contribution >= 4 is 5.91 Å². The first kappa shape index (κ1) is 8.29. The van der Waals surface area contributed by atoms with Gasteiger partial charge in [0.15, 0.2) is 0 Å². The fraction of sp³-hybridized carbons (Fsp3) is 0.556. The number of nitrogens with zero attached hydrogens (tertiary/aromatic N) is 1. The molecule has 0 aliphatic heterocycles. The lowest BCUT2D eigenvalue weighted by atomic mass is 10.3. The number of rotatable bonds is 3. The standard InChI is InChI=1S/C9H13N3O/c1-6-2-8(6)9(13)11-4-7-3-10-5-12-7/h3,5-6,8H,2,4H2,1H3,(H,10,12)(H,11,13)/t6-,8-/m1/s1. The molecule has 1 amide bonds. The van der Waals surface area contributed by atoms with Crippen molar-refractivity contribution in [1.82, 2.24) is 15.3 Å². The summed E-state index contributed by atoms with van der Waals surface area (Å²) in [5.74, 6) is 0.992. The van der Waals surface area contributed by atoms with E-state index < -0.39 is 0 Å². The number of imidazole rings is 1. The summed E-state index contributed by atoms with van der Waals surface area (Å²) in [4.78, 5) is 18.2. The third-order valence-corrected chi connectivity index (χ3v) is 2.45. The Morgan fingerprint density at radius 2 is 2.62 bits per heavy atom. The predicted octanol–water partition coefficient (Wildman–Crippen LogP) is 0.682. The van der Waals surface area contributed by atoms with E-state index >= 15 is 0 Å². The summed E-state index contributed by atoms with van der Waals surface area (Å²) in [6, 6.07) is 0. The summed E-state index contributed by atoms with van der Waals surface area (Å²) >= 11 is 0. The number of hydrogen-bond donors (Lipinski definition) is 2. The Balaban J connectivity index is 1.77. The Labute approximate surface area is 76.8 Å². The molecule has 4 nitrogen and oxygen atoms in total. The van der Waals surface area contributed by atoms with E-state index in [9.17, 15) is 4.79 Å². The Morgan fingerprint density at radius 3 is 3.15 bits per heavy atom. The lowest BCUT2D eigenvalue weighted by Gasteiger charge is -2.01. The third kappa shape index (κ3) is 1.88. The van der Waals surface area contributed by atoms with E-state index in [0.29, 0.717) is 12.5 Å². The van der Waals surface area contributed by atoms with Gasteiger partial charge in [0.05, 0.1) is 18.6 Å². The van der Waals surface area contributed by atoms with Crippen LogP contribution in [-0.4, -0.2) is 15.9 Å². The number of hydrogen-bond acceptors (Lipinski definition) is 2. The molecule has 1 fully saturated rings. The van der Waals surface area contributed by atoms with Crippen LogP contribution in [0.2, 0.25) is 0 Å². The van der Waals surface area contributed by atoms with Crippen molar-refractivity contribution in [2.24, 2.45) is 11.8 Å². The smallest absolute Gasteiger partial charge is 0.223 e. The fourth-order valence-electron chi connectivity index (χ4n) is 1.38. The maximum atomic E-state index is 11.4. The highest BCUT2D eigenvalue weighted by Crippen LogP contribution is 2.37. The van der Waals surface area contributed by atoms with E-state index in [1.807, 2.05) is 0 Å². The van der Waals surface area contributed by atoms with Crippen molar-refractivity contribution in [2.45, 2.75) is 19.9 Å². The number of nitrogens with one attached hydrogen (secondary N) is 2. The van der Waals surface area contributed by atoms with Gasteiger partial charge in [-0.1, -0.05) is 6.92 Å². The van der Waals surface area contributed by atoms with Crippen LogP contribution in [0, 0.1) is 11.8 Å². The zero-order valence-corrected chi connectivity index (χ0v) is 7.58. The lowest BCUT2D eigenvalue weighted by molar-refractivity contribution is -0.122. The molecule has 13 heavy (non-hydrogen) atoms. The normalized spacial score (nSPS) is 25.6. The van der Waals surface area contributed by atoms with Crippen LogP contribution in [0.25, 0.3) is 0 Å². The minimum atomic E-state index is 0.169. The van der Waals surface area contributed by atoms with Crippen LogP contribution in [0.1, 0.15) is 19.0 Å². The molecule has 1 aromatic rings. The van der Waals surface area contributed by atoms with E-state index in [1.54, 1.807) is 12.5 Å². The van der Waals surface area contributed by atoms with Gasteiger partial charge in [0.25, 0.3) is 0 Å². The molecule has 1 aromatic heterocycles. The van der Waals surface area contributed by atoms with Crippen molar-refractivity contribution in [1.29, 1.82) is 0 Å². The summed E-state index contributed by atoms with van der Waals surface area (Å²) < 4.78 is 0. The second-order valence-corrected chi connectivity index (χ2v) is 3.61.